The monoisotopic (exact) mass is 450 g/mol. The SMILES string of the molecule is COc1ccccc1Oc1nc(N2CCC(C)CC2)nc2c1CN(Cc1ccsc1)CC2. The minimum absolute atomic E-state index is 0.656. The van der Waals surface area contributed by atoms with E-state index in [4.69, 9.17) is 19.4 Å². The summed E-state index contributed by atoms with van der Waals surface area (Å²) in [5.74, 6) is 3.61. The van der Waals surface area contributed by atoms with Crippen LogP contribution in [-0.4, -0.2) is 41.6 Å². The predicted octanol–water partition coefficient (Wildman–Crippen LogP) is 5.13. The van der Waals surface area contributed by atoms with E-state index in [1.54, 1.807) is 18.4 Å². The number of hydrogen-bond acceptors (Lipinski definition) is 7. The molecule has 1 fully saturated rings. The van der Waals surface area contributed by atoms with Crippen molar-refractivity contribution in [2.24, 2.45) is 5.92 Å². The van der Waals surface area contributed by atoms with Gasteiger partial charge in [-0.05, 0) is 53.3 Å². The van der Waals surface area contributed by atoms with Gasteiger partial charge in [0.15, 0.2) is 11.5 Å². The summed E-state index contributed by atoms with van der Waals surface area (Å²) in [4.78, 5) is 14.7. The van der Waals surface area contributed by atoms with Crippen molar-refractivity contribution in [2.45, 2.75) is 39.3 Å². The number of methoxy groups -OCH3 is 1. The second-order valence-electron chi connectivity index (χ2n) is 8.77. The van der Waals surface area contributed by atoms with Crippen molar-refractivity contribution in [3.05, 3.63) is 57.9 Å². The van der Waals surface area contributed by atoms with Gasteiger partial charge in [-0.1, -0.05) is 19.1 Å². The van der Waals surface area contributed by atoms with Gasteiger partial charge in [-0.3, -0.25) is 4.90 Å². The average Bonchev–Trinajstić information content (AvgIpc) is 3.33. The molecule has 0 spiro atoms. The van der Waals surface area contributed by atoms with E-state index in [9.17, 15) is 0 Å². The Morgan fingerprint density at radius 3 is 2.62 bits per heavy atom. The maximum atomic E-state index is 6.41. The first-order chi connectivity index (χ1) is 15.7. The Hall–Kier alpha value is -2.64. The van der Waals surface area contributed by atoms with E-state index in [-0.39, 0.29) is 0 Å². The van der Waals surface area contributed by atoms with Crippen molar-refractivity contribution in [1.29, 1.82) is 0 Å². The molecule has 0 saturated carbocycles. The zero-order valence-corrected chi connectivity index (χ0v) is 19.6. The molecule has 0 unspecified atom stereocenters. The fourth-order valence-corrected chi connectivity index (χ4v) is 5.10. The van der Waals surface area contributed by atoms with Crippen LogP contribution in [0.25, 0.3) is 0 Å². The molecule has 5 rings (SSSR count). The van der Waals surface area contributed by atoms with Crippen LogP contribution < -0.4 is 14.4 Å². The van der Waals surface area contributed by atoms with Crippen molar-refractivity contribution < 1.29 is 9.47 Å². The topological polar surface area (TPSA) is 50.7 Å². The van der Waals surface area contributed by atoms with Gasteiger partial charge in [0.25, 0.3) is 0 Å². The molecule has 0 radical (unpaired) electrons. The first kappa shape index (κ1) is 21.2. The van der Waals surface area contributed by atoms with Crippen molar-refractivity contribution in [1.82, 2.24) is 14.9 Å². The quantitative estimate of drug-likeness (QED) is 0.519. The number of ether oxygens (including phenoxy) is 2. The Morgan fingerprint density at radius 2 is 1.88 bits per heavy atom. The number of nitrogens with zero attached hydrogens (tertiary/aromatic N) is 4. The van der Waals surface area contributed by atoms with E-state index >= 15 is 0 Å². The first-order valence-corrected chi connectivity index (χ1v) is 12.3. The molecule has 1 saturated heterocycles. The Kier molecular flexibility index (Phi) is 6.28. The lowest BCUT2D eigenvalue weighted by Crippen LogP contribution is -2.36. The fourth-order valence-electron chi connectivity index (χ4n) is 4.44. The molecule has 7 heteroatoms. The third kappa shape index (κ3) is 4.59. The number of anilines is 1. The summed E-state index contributed by atoms with van der Waals surface area (Å²) in [6.45, 7) is 7.03. The van der Waals surface area contributed by atoms with Gasteiger partial charge in [0.1, 0.15) is 0 Å². The maximum absolute atomic E-state index is 6.41. The standard InChI is InChI=1S/C25H30N4O2S/c1-18-7-12-29(13-8-18)25-26-21-9-11-28(15-19-10-14-32-17-19)16-20(21)24(27-25)31-23-6-4-3-5-22(23)30-2/h3-6,10,14,17-18H,7-9,11-13,15-16H2,1-2H3. The predicted molar refractivity (Wildman–Crippen MR) is 128 cm³/mol. The summed E-state index contributed by atoms with van der Waals surface area (Å²) >= 11 is 1.75. The molecule has 3 aromatic rings. The second kappa shape index (κ2) is 9.46. The van der Waals surface area contributed by atoms with Crippen LogP contribution in [0.2, 0.25) is 0 Å². The summed E-state index contributed by atoms with van der Waals surface area (Å²) in [7, 11) is 1.67. The van der Waals surface area contributed by atoms with Crippen LogP contribution in [0.1, 0.15) is 36.6 Å². The van der Waals surface area contributed by atoms with Crippen LogP contribution >= 0.6 is 11.3 Å². The van der Waals surface area contributed by atoms with E-state index in [0.717, 1.165) is 62.3 Å². The molecule has 2 aromatic heterocycles. The molecule has 0 atom stereocenters. The van der Waals surface area contributed by atoms with E-state index in [2.05, 4.69) is 33.6 Å². The molecule has 32 heavy (non-hydrogen) atoms. The molecule has 168 valence electrons. The smallest absolute Gasteiger partial charge is 0.229 e. The lowest BCUT2D eigenvalue weighted by Gasteiger charge is -2.33. The molecule has 2 aliphatic rings. The van der Waals surface area contributed by atoms with Gasteiger partial charge in [0, 0.05) is 39.1 Å². The van der Waals surface area contributed by atoms with Crippen LogP contribution in [0, 0.1) is 5.92 Å². The number of hydrogen-bond donors (Lipinski definition) is 0. The Bertz CT molecular complexity index is 1050. The number of piperidine rings is 1. The number of thiophene rings is 1. The van der Waals surface area contributed by atoms with E-state index in [1.165, 1.54) is 18.4 Å². The largest absolute Gasteiger partial charge is 0.493 e. The zero-order chi connectivity index (χ0) is 21.9. The highest BCUT2D eigenvalue weighted by molar-refractivity contribution is 7.07. The molecular weight excluding hydrogens is 420 g/mol. The van der Waals surface area contributed by atoms with Gasteiger partial charge in [-0.25, -0.2) is 4.98 Å². The summed E-state index contributed by atoms with van der Waals surface area (Å²) in [5, 5.41) is 4.36. The van der Waals surface area contributed by atoms with Crippen LogP contribution in [0.15, 0.2) is 41.1 Å². The molecule has 2 aliphatic heterocycles. The average molecular weight is 451 g/mol. The van der Waals surface area contributed by atoms with E-state index in [0.29, 0.717) is 17.4 Å². The van der Waals surface area contributed by atoms with Gasteiger partial charge in [0.05, 0.1) is 18.4 Å². The molecule has 0 bridgehead atoms. The summed E-state index contributed by atoms with van der Waals surface area (Å²) in [5.41, 5.74) is 3.55. The molecular formula is C25H30N4O2S. The van der Waals surface area contributed by atoms with Crippen molar-refractivity contribution >= 4 is 17.3 Å². The highest BCUT2D eigenvalue weighted by Gasteiger charge is 2.27. The highest BCUT2D eigenvalue weighted by Crippen LogP contribution is 2.36. The minimum atomic E-state index is 0.656. The number of benzene rings is 1. The molecule has 0 N–H and O–H groups in total. The second-order valence-corrected chi connectivity index (χ2v) is 9.55. The summed E-state index contributed by atoms with van der Waals surface area (Å²) in [6, 6.07) is 9.95. The Labute approximate surface area is 193 Å². The molecule has 0 amide bonds. The minimum Gasteiger partial charge on any atom is -0.493 e. The lowest BCUT2D eigenvalue weighted by atomic mass is 9.99. The number of para-hydroxylation sites is 2. The van der Waals surface area contributed by atoms with Gasteiger partial charge in [-0.15, -0.1) is 0 Å². The van der Waals surface area contributed by atoms with Gasteiger partial charge in [-0.2, -0.15) is 16.3 Å². The third-order valence-corrected chi connectivity index (χ3v) is 7.15. The van der Waals surface area contributed by atoms with Gasteiger partial charge >= 0.3 is 0 Å². The van der Waals surface area contributed by atoms with E-state index in [1.807, 2.05) is 24.3 Å². The van der Waals surface area contributed by atoms with Crippen molar-refractivity contribution in [3.63, 3.8) is 0 Å². The number of fused-ring (bicyclic) bond motifs is 1. The molecule has 6 nitrogen and oxygen atoms in total. The van der Waals surface area contributed by atoms with E-state index < -0.39 is 0 Å². The normalized spacial score (nSPS) is 17.2. The van der Waals surface area contributed by atoms with Gasteiger partial charge < -0.3 is 14.4 Å². The Morgan fingerprint density at radius 1 is 1.06 bits per heavy atom. The Balaban J connectivity index is 1.47. The lowest BCUT2D eigenvalue weighted by molar-refractivity contribution is 0.238. The fraction of sp³-hybridized carbons (Fsp3) is 0.440. The van der Waals surface area contributed by atoms with Crippen molar-refractivity contribution in [2.75, 3.05) is 31.6 Å². The number of rotatable bonds is 6. The van der Waals surface area contributed by atoms with Crippen LogP contribution in [0.5, 0.6) is 17.4 Å². The number of aromatic nitrogens is 2. The first-order valence-electron chi connectivity index (χ1n) is 11.4. The molecule has 4 heterocycles. The summed E-state index contributed by atoms with van der Waals surface area (Å²) < 4.78 is 11.9. The van der Waals surface area contributed by atoms with Crippen LogP contribution in [0.3, 0.4) is 0 Å². The zero-order valence-electron chi connectivity index (χ0n) is 18.8. The third-order valence-electron chi connectivity index (χ3n) is 6.42. The molecule has 0 aliphatic carbocycles. The van der Waals surface area contributed by atoms with Crippen molar-refractivity contribution in [3.8, 4) is 17.4 Å². The highest BCUT2D eigenvalue weighted by atomic mass is 32.1. The summed E-state index contributed by atoms with van der Waals surface area (Å²) in [6.07, 6.45) is 3.26. The van der Waals surface area contributed by atoms with Gasteiger partial charge in [0.2, 0.25) is 11.8 Å². The molecule has 1 aromatic carbocycles. The maximum Gasteiger partial charge on any atom is 0.229 e. The van der Waals surface area contributed by atoms with Crippen LogP contribution in [0.4, 0.5) is 5.95 Å². The van der Waals surface area contributed by atoms with Crippen LogP contribution in [-0.2, 0) is 19.5 Å².